The van der Waals surface area contributed by atoms with Crippen molar-refractivity contribution >= 4 is 28.3 Å². The van der Waals surface area contributed by atoms with Crippen molar-refractivity contribution < 1.29 is 35.9 Å². The molecule has 2 N–H and O–H groups in total. The van der Waals surface area contributed by atoms with Crippen molar-refractivity contribution in [3.05, 3.63) is 64.7 Å². The van der Waals surface area contributed by atoms with Crippen LogP contribution < -0.4 is 10.6 Å². The molecule has 0 fully saturated rings. The van der Waals surface area contributed by atoms with Crippen LogP contribution in [0.25, 0.3) is 10.6 Å². The lowest BCUT2D eigenvalue weighted by atomic mass is 10.0. The highest BCUT2D eigenvalue weighted by Gasteiger charge is 2.37. The lowest BCUT2D eigenvalue weighted by molar-refractivity contribution is -0.143. The van der Waals surface area contributed by atoms with Gasteiger partial charge in [0, 0.05) is 24.1 Å². The molecule has 0 spiro atoms. The van der Waals surface area contributed by atoms with Gasteiger partial charge in [0.15, 0.2) is 0 Å². The van der Waals surface area contributed by atoms with E-state index in [0.717, 1.165) is 22.5 Å². The van der Waals surface area contributed by atoms with E-state index >= 15 is 0 Å². The van der Waals surface area contributed by atoms with Crippen molar-refractivity contribution in [2.45, 2.75) is 25.7 Å². The van der Waals surface area contributed by atoms with Crippen LogP contribution in [-0.2, 0) is 17.1 Å². The largest absolute Gasteiger partial charge is 0.416 e. The van der Waals surface area contributed by atoms with Crippen LogP contribution in [0, 0.1) is 6.92 Å². The van der Waals surface area contributed by atoms with Gasteiger partial charge in [0.25, 0.3) is 5.91 Å². The first-order valence-corrected chi connectivity index (χ1v) is 10.4. The van der Waals surface area contributed by atoms with E-state index in [0.29, 0.717) is 17.1 Å². The molecule has 0 saturated heterocycles. The lowest BCUT2D eigenvalue weighted by Crippen LogP contribution is -2.28. The Morgan fingerprint density at radius 3 is 2.18 bits per heavy atom. The molecule has 0 radical (unpaired) electrons. The first-order chi connectivity index (χ1) is 15.8. The Bertz CT molecular complexity index is 1170. The average Bonchev–Trinajstić information content (AvgIpc) is 3.20. The summed E-state index contributed by atoms with van der Waals surface area (Å²) in [4.78, 5) is 24.2. The van der Waals surface area contributed by atoms with Crippen LogP contribution in [0.5, 0.6) is 0 Å². The van der Waals surface area contributed by atoms with Crippen LogP contribution in [-0.4, -0.2) is 28.6 Å². The first kappa shape index (κ1) is 25.1. The number of carbonyl (C=O) groups is 2. The number of carbonyl (C=O) groups excluding carboxylic acids is 2. The Labute approximate surface area is 193 Å². The molecule has 2 aromatic carbocycles. The molecule has 0 aliphatic carbocycles. The molecular formula is C21H16F6N4O2S. The molecule has 0 saturated carbocycles. The standard InChI is InChI=1S/C21H16F6N4O2S/c1-11-3-2-4-12(7-11)18-30-31-19(34-18)29-16(32)5-6-28-17(33)13-8-14(20(22,23)24)10-15(9-13)21(25,26)27/h2-4,7-10H,5-6H2,1H3,(H,28,33)(H,29,31,32). The molecule has 0 unspecified atom stereocenters. The van der Waals surface area contributed by atoms with Crippen LogP contribution in [0.15, 0.2) is 42.5 Å². The Hall–Kier alpha value is -3.48. The average molecular weight is 502 g/mol. The van der Waals surface area contributed by atoms with E-state index in [1.807, 2.05) is 31.2 Å². The van der Waals surface area contributed by atoms with E-state index in [9.17, 15) is 35.9 Å². The van der Waals surface area contributed by atoms with Gasteiger partial charge in [-0.2, -0.15) is 26.3 Å². The minimum absolute atomic E-state index is 0.0721. The SMILES string of the molecule is Cc1cccc(-c2nnc(NC(=O)CCNC(=O)c3cc(C(F)(F)F)cc(C(F)(F)F)c3)s2)c1. The fourth-order valence-corrected chi connectivity index (χ4v) is 3.58. The third-order valence-electron chi connectivity index (χ3n) is 4.42. The van der Waals surface area contributed by atoms with Gasteiger partial charge in [0.2, 0.25) is 11.0 Å². The summed E-state index contributed by atoms with van der Waals surface area (Å²) in [5, 5.41) is 13.2. The molecule has 13 heteroatoms. The minimum Gasteiger partial charge on any atom is -0.352 e. The number of hydrogen-bond acceptors (Lipinski definition) is 5. The molecule has 0 aliphatic heterocycles. The van der Waals surface area contributed by atoms with Crippen LogP contribution in [0.3, 0.4) is 0 Å². The van der Waals surface area contributed by atoms with Gasteiger partial charge < -0.3 is 10.6 Å². The predicted molar refractivity (Wildman–Crippen MR) is 112 cm³/mol. The smallest absolute Gasteiger partial charge is 0.352 e. The molecule has 0 bridgehead atoms. The normalized spacial score (nSPS) is 11.9. The lowest BCUT2D eigenvalue weighted by Gasteiger charge is -2.14. The van der Waals surface area contributed by atoms with Crippen molar-refractivity contribution in [2.24, 2.45) is 0 Å². The highest BCUT2D eigenvalue weighted by Crippen LogP contribution is 2.36. The molecule has 2 amide bonds. The number of benzene rings is 2. The molecule has 3 aromatic rings. The molecule has 180 valence electrons. The van der Waals surface area contributed by atoms with E-state index in [2.05, 4.69) is 20.8 Å². The molecule has 1 aromatic heterocycles. The van der Waals surface area contributed by atoms with Gasteiger partial charge >= 0.3 is 12.4 Å². The van der Waals surface area contributed by atoms with Crippen molar-refractivity contribution in [3.8, 4) is 10.6 Å². The quantitative estimate of drug-likeness (QED) is 0.448. The zero-order chi connectivity index (χ0) is 25.1. The maximum Gasteiger partial charge on any atom is 0.416 e. The Morgan fingerprint density at radius 2 is 1.59 bits per heavy atom. The summed E-state index contributed by atoms with van der Waals surface area (Å²) in [6, 6.07) is 8.03. The van der Waals surface area contributed by atoms with Gasteiger partial charge in [-0.15, -0.1) is 10.2 Å². The van der Waals surface area contributed by atoms with Gasteiger partial charge in [0.1, 0.15) is 5.01 Å². The Kier molecular flexibility index (Phi) is 7.24. The number of amides is 2. The highest BCUT2D eigenvalue weighted by atomic mass is 32.1. The fourth-order valence-electron chi connectivity index (χ4n) is 2.83. The van der Waals surface area contributed by atoms with Crippen molar-refractivity contribution in [3.63, 3.8) is 0 Å². The number of nitrogens with one attached hydrogen (secondary N) is 2. The zero-order valence-corrected chi connectivity index (χ0v) is 18.2. The van der Waals surface area contributed by atoms with Crippen LogP contribution in [0.2, 0.25) is 0 Å². The summed E-state index contributed by atoms with van der Waals surface area (Å²) in [6.45, 7) is 1.58. The monoisotopic (exact) mass is 502 g/mol. The first-order valence-electron chi connectivity index (χ1n) is 9.61. The summed E-state index contributed by atoms with van der Waals surface area (Å²) in [5.74, 6) is -1.76. The van der Waals surface area contributed by atoms with E-state index in [-0.39, 0.29) is 24.2 Å². The number of anilines is 1. The van der Waals surface area contributed by atoms with E-state index < -0.39 is 40.9 Å². The Balaban J connectivity index is 1.59. The van der Waals surface area contributed by atoms with Crippen molar-refractivity contribution in [2.75, 3.05) is 11.9 Å². The Morgan fingerprint density at radius 1 is 0.941 bits per heavy atom. The molecular weight excluding hydrogens is 486 g/mol. The summed E-state index contributed by atoms with van der Waals surface area (Å²) in [5.41, 5.74) is -2.21. The van der Waals surface area contributed by atoms with E-state index in [1.165, 1.54) is 0 Å². The number of rotatable bonds is 6. The third-order valence-corrected chi connectivity index (χ3v) is 5.31. The predicted octanol–water partition coefficient (Wildman–Crippen LogP) is 5.31. The van der Waals surface area contributed by atoms with Gasteiger partial charge in [0.05, 0.1) is 11.1 Å². The number of hydrogen-bond donors (Lipinski definition) is 2. The topological polar surface area (TPSA) is 84.0 Å². The summed E-state index contributed by atoms with van der Waals surface area (Å²) < 4.78 is 77.6. The van der Waals surface area contributed by atoms with Gasteiger partial charge in [-0.05, 0) is 31.2 Å². The number of alkyl halides is 6. The number of halogens is 6. The molecule has 3 rings (SSSR count). The molecule has 34 heavy (non-hydrogen) atoms. The minimum atomic E-state index is -5.07. The van der Waals surface area contributed by atoms with Gasteiger partial charge in [-0.1, -0.05) is 35.1 Å². The fraction of sp³-hybridized carbons (Fsp3) is 0.238. The second-order valence-corrected chi connectivity index (χ2v) is 8.11. The summed E-state index contributed by atoms with van der Waals surface area (Å²) in [7, 11) is 0. The molecule has 0 atom stereocenters. The number of aromatic nitrogens is 2. The molecule has 6 nitrogen and oxygen atoms in total. The second-order valence-electron chi connectivity index (χ2n) is 7.13. The van der Waals surface area contributed by atoms with Gasteiger partial charge in [-0.25, -0.2) is 0 Å². The molecule has 0 aliphatic rings. The van der Waals surface area contributed by atoms with E-state index in [4.69, 9.17) is 0 Å². The number of aryl methyl sites for hydroxylation is 1. The summed E-state index contributed by atoms with van der Waals surface area (Å²) in [6.07, 6.45) is -10.4. The van der Waals surface area contributed by atoms with Crippen LogP contribution in [0.1, 0.15) is 33.5 Å². The maximum absolute atomic E-state index is 12.9. The maximum atomic E-state index is 12.9. The number of nitrogens with zero attached hydrogens (tertiary/aromatic N) is 2. The highest BCUT2D eigenvalue weighted by molar-refractivity contribution is 7.18. The van der Waals surface area contributed by atoms with E-state index in [1.54, 1.807) is 0 Å². The third kappa shape index (κ3) is 6.53. The van der Waals surface area contributed by atoms with Crippen molar-refractivity contribution in [1.82, 2.24) is 15.5 Å². The summed E-state index contributed by atoms with van der Waals surface area (Å²) >= 11 is 1.11. The van der Waals surface area contributed by atoms with Crippen molar-refractivity contribution in [1.29, 1.82) is 0 Å². The second kappa shape index (κ2) is 9.79. The zero-order valence-electron chi connectivity index (χ0n) is 17.3. The van der Waals surface area contributed by atoms with Crippen LogP contribution in [0.4, 0.5) is 31.5 Å². The van der Waals surface area contributed by atoms with Gasteiger partial charge in [-0.3, -0.25) is 9.59 Å². The molecule has 1 heterocycles. The van der Waals surface area contributed by atoms with Crippen LogP contribution >= 0.6 is 11.3 Å².